The summed E-state index contributed by atoms with van der Waals surface area (Å²) in [5, 5.41) is 8.86. The summed E-state index contributed by atoms with van der Waals surface area (Å²) < 4.78 is 13.3. The number of nitriles is 1. The van der Waals surface area contributed by atoms with Gasteiger partial charge in [0.15, 0.2) is 0 Å². The first-order chi connectivity index (χ1) is 9.11. The number of urea groups is 1. The zero-order valence-electron chi connectivity index (χ0n) is 10.0. The van der Waals surface area contributed by atoms with Gasteiger partial charge >= 0.3 is 6.03 Å². The average molecular weight is 258 g/mol. The maximum Gasteiger partial charge on any atom is 0.346 e. The number of hydrogen-bond donors (Lipinski definition) is 1. The van der Waals surface area contributed by atoms with Gasteiger partial charge in [-0.05, 0) is 30.5 Å². The van der Waals surface area contributed by atoms with E-state index in [1.165, 1.54) is 18.2 Å². The molecule has 0 aromatic heterocycles. The largest absolute Gasteiger partial charge is 0.385 e. The van der Waals surface area contributed by atoms with E-state index in [-0.39, 0.29) is 23.5 Å². The predicted octanol–water partition coefficient (Wildman–Crippen LogP) is 1.69. The Kier molecular flexibility index (Phi) is 2.49. The number of carbonyl (C=O) groups is 1. The third kappa shape index (κ3) is 1.83. The number of hydrogen-bond acceptors (Lipinski definition) is 3. The molecule has 0 bridgehead atoms. The number of amides is 2. The summed E-state index contributed by atoms with van der Waals surface area (Å²) in [5.41, 5.74) is 6.36. The number of halogens is 1. The van der Waals surface area contributed by atoms with E-state index in [9.17, 15) is 9.18 Å². The standard InChI is InChI=1S/C13H11FN4O/c14-10-4-1-7(5-8(10)6-15)11-12(16)17-13(19)18(11)9-2-3-9/h1,4-5,9,11H,2-3H2,(H2,16,17,19). The van der Waals surface area contributed by atoms with Crippen LogP contribution in [0.15, 0.2) is 23.2 Å². The molecule has 1 heterocycles. The second-order valence-electron chi connectivity index (χ2n) is 4.71. The van der Waals surface area contributed by atoms with E-state index >= 15 is 0 Å². The monoisotopic (exact) mass is 258 g/mol. The van der Waals surface area contributed by atoms with Crippen molar-refractivity contribution in [3.63, 3.8) is 0 Å². The Labute approximate surface area is 109 Å². The fourth-order valence-corrected chi connectivity index (χ4v) is 2.33. The van der Waals surface area contributed by atoms with Crippen molar-refractivity contribution in [3.05, 3.63) is 35.1 Å². The molecule has 1 aromatic rings. The summed E-state index contributed by atoms with van der Waals surface area (Å²) in [5.74, 6) is -0.378. The smallest absolute Gasteiger partial charge is 0.346 e. The van der Waals surface area contributed by atoms with Crippen LogP contribution in [-0.4, -0.2) is 22.8 Å². The summed E-state index contributed by atoms with van der Waals surface area (Å²) in [4.78, 5) is 17.2. The molecular weight excluding hydrogens is 247 g/mol. The predicted molar refractivity (Wildman–Crippen MR) is 65.7 cm³/mol. The van der Waals surface area contributed by atoms with Crippen molar-refractivity contribution < 1.29 is 9.18 Å². The Morgan fingerprint density at radius 1 is 1.47 bits per heavy atom. The third-order valence-electron chi connectivity index (χ3n) is 3.37. The van der Waals surface area contributed by atoms with Gasteiger partial charge in [-0.1, -0.05) is 6.07 Å². The average Bonchev–Trinajstić information content (AvgIpc) is 3.16. The van der Waals surface area contributed by atoms with Gasteiger partial charge in [0, 0.05) is 6.04 Å². The molecule has 96 valence electrons. The lowest BCUT2D eigenvalue weighted by Gasteiger charge is -2.24. The summed E-state index contributed by atoms with van der Waals surface area (Å²) in [6, 6.07) is 5.29. The van der Waals surface area contributed by atoms with Crippen LogP contribution in [0.3, 0.4) is 0 Å². The lowest BCUT2D eigenvalue weighted by atomic mass is 10.0. The first-order valence-corrected chi connectivity index (χ1v) is 5.97. The van der Waals surface area contributed by atoms with Crippen molar-refractivity contribution in [2.24, 2.45) is 10.7 Å². The molecule has 6 heteroatoms. The molecule has 3 rings (SSSR count). The molecule has 2 N–H and O–H groups in total. The van der Waals surface area contributed by atoms with Crippen LogP contribution < -0.4 is 5.73 Å². The topological polar surface area (TPSA) is 82.5 Å². The van der Waals surface area contributed by atoms with E-state index in [0.717, 1.165) is 12.8 Å². The fraction of sp³-hybridized carbons (Fsp3) is 0.308. The highest BCUT2D eigenvalue weighted by Crippen LogP contribution is 2.38. The molecule has 1 unspecified atom stereocenters. The van der Waals surface area contributed by atoms with Crippen LogP contribution in [0.5, 0.6) is 0 Å². The molecule has 1 saturated carbocycles. The number of aliphatic imine (C=N–C) groups is 1. The molecule has 1 fully saturated rings. The maximum atomic E-state index is 13.3. The van der Waals surface area contributed by atoms with Gasteiger partial charge in [-0.25, -0.2) is 9.18 Å². The Hall–Kier alpha value is -2.42. The number of nitrogens with two attached hydrogens (primary N) is 1. The molecule has 1 aliphatic carbocycles. The van der Waals surface area contributed by atoms with E-state index in [1.807, 2.05) is 0 Å². The molecule has 0 spiro atoms. The van der Waals surface area contributed by atoms with Crippen LogP contribution in [0.1, 0.15) is 30.0 Å². The van der Waals surface area contributed by atoms with Crippen LogP contribution in [0.4, 0.5) is 9.18 Å². The van der Waals surface area contributed by atoms with Gasteiger partial charge in [0.25, 0.3) is 0 Å². The molecular formula is C13H11FN4O. The number of carbonyl (C=O) groups excluding carboxylic acids is 1. The Bertz CT molecular complexity index is 630. The van der Waals surface area contributed by atoms with E-state index < -0.39 is 11.9 Å². The number of rotatable bonds is 2. The van der Waals surface area contributed by atoms with Gasteiger partial charge in [-0.2, -0.15) is 10.3 Å². The minimum Gasteiger partial charge on any atom is -0.385 e. The molecule has 1 atom stereocenters. The first-order valence-electron chi connectivity index (χ1n) is 5.97. The number of nitrogens with zero attached hydrogens (tertiary/aromatic N) is 3. The summed E-state index contributed by atoms with van der Waals surface area (Å²) in [7, 11) is 0. The third-order valence-corrected chi connectivity index (χ3v) is 3.37. The van der Waals surface area contributed by atoms with Crippen LogP contribution in [-0.2, 0) is 0 Å². The van der Waals surface area contributed by atoms with E-state index in [4.69, 9.17) is 11.0 Å². The van der Waals surface area contributed by atoms with Crippen LogP contribution in [0, 0.1) is 17.1 Å². The lowest BCUT2D eigenvalue weighted by molar-refractivity contribution is 0.203. The molecule has 2 aliphatic rings. The molecule has 1 aromatic carbocycles. The molecule has 1 aliphatic heterocycles. The van der Waals surface area contributed by atoms with Crippen LogP contribution in [0.2, 0.25) is 0 Å². The van der Waals surface area contributed by atoms with E-state index in [1.54, 1.807) is 11.0 Å². The normalized spacial score (nSPS) is 22.3. The highest BCUT2D eigenvalue weighted by molar-refractivity contribution is 6.03. The molecule has 0 saturated heterocycles. The minimum atomic E-state index is -0.580. The first kappa shape index (κ1) is 11.7. The SMILES string of the molecule is N#Cc1cc(C2C(N)=NC(=O)N2C2CC2)ccc1F. The molecule has 0 radical (unpaired) electrons. The second-order valence-corrected chi connectivity index (χ2v) is 4.71. The zero-order chi connectivity index (χ0) is 13.6. The van der Waals surface area contributed by atoms with Gasteiger partial charge in [-0.3, -0.25) is 0 Å². The Balaban J connectivity index is 2.02. The highest BCUT2D eigenvalue weighted by Gasteiger charge is 2.43. The van der Waals surface area contributed by atoms with Crippen molar-refractivity contribution in [1.29, 1.82) is 5.26 Å². The van der Waals surface area contributed by atoms with Crippen molar-refractivity contribution in [1.82, 2.24) is 4.90 Å². The van der Waals surface area contributed by atoms with Gasteiger partial charge < -0.3 is 10.6 Å². The molecule has 2 amide bonds. The minimum absolute atomic E-state index is 0.0552. The van der Waals surface area contributed by atoms with Gasteiger partial charge in [0.2, 0.25) is 0 Å². The lowest BCUT2D eigenvalue weighted by Crippen LogP contribution is -2.35. The van der Waals surface area contributed by atoms with Crippen LogP contribution >= 0.6 is 0 Å². The van der Waals surface area contributed by atoms with E-state index in [2.05, 4.69) is 4.99 Å². The number of benzene rings is 1. The maximum absolute atomic E-state index is 13.3. The highest BCUT2D eigenvalue weighted by atomic mass is 19.1. The Morgan fingerprint density at radius 3 is 2.84 bits per heavy atom. The van der Waals surface area contributed by atoms with Crippen molar-refractivity contribution in [3.8, 4) is 6.07 Å². The molecule has 19 heavy (non-hydrogen) atoms. The quantitative estimate of drug-likeness (QED) is 0.876. The Morgan fingerprint density at radius 2 is 2.21 bits per heavy atom. The van der Waals surface area contributed by atoms with Crippen molar-refractivity contribution >= 4 is 11.9 Å². The summed E-state index contributed by atoms with van der Waals surface area (Å²) in [6.45, 7) is 0. The van der Waals surface area contributed by atoms with E-state index in [0.29, 0.717) is 5.56 Å². The summed E-state index contributed by atoms with van der Waals surface area (Å²) in [6.07, 6.45) is 1.86. The van der Waals surface area contributed by atoms with Crippen LogP contribution in [0.25, 0.3) is 0 Å². The van der Waals surface area contributed by atoms with Gasteiger partial charge in [0.1, 0.15) is 23.8 Å². The fourth-order valence-electron chi connectivity index (χ4n) is 2.33. The zero-order valence-corrected chi connectivity index (χ0v) is 10.0. The summed E-state index contributed by atoms with van der Waals surface area (Å²) >= 11 is 0. The van der Waals surface area contributed by atoms with Gasteiger partial charge in [0.05, 0.1) is 5.56 Å². The van der Waals surface area contributed by atoms with Crippen molar-refractivity contribution in [2.45, 2.75) is 24.9 Å². The molecule has 5 nitrogen and oxygen atoms in total. The van der Waals surface area contributed by atoms with Crippen molar-refractivity contribution in [2.75, 3.05) is 0 Å². The number of amidine groups is 1. The van der Waals surface area contributed by atoms with Gasteiger partial charge in [-0.15, -0.1) is 0 Å². The second kappa shape index (κ2) is 4.05.